The zero-order valence-electron chi connectivity index (χ0n) is 17.8. The van der Waals surface area contributed by atoms with Crippen molar-refractivity contribution in [1.82, 2.24) is 19.9 Å². The van der Waals surface area contributed by atoms with Crippen molar-refractivity contribution in [3.63, 3.8) is 0 Å². The number of nitrogens with zero attached hydrogens (tertiary/aromatic N) is 6. The van der Waals surface area contributed by atoms with E-state index in [4.69, 9.17) is 4.74 Å². The van der Waals surface area contributed by atoms with E-state index in [2.05, 4.69) is 55.0 Å². The Bertz CT molecular complexity index is 1040. The number of methoxy groups -OCH3 is 1. The van der Waals surface area contributed by atoms with Crippen molar-refractivity contribution in [3.8, 4) is 5.88 Å². The highest BCUT2D eigenvalue weighted by Gasteiger charge is 2.26. The molecule has 0 aromatic carbocycles. The van der Waals surface area contributed by atoms with E-state index in [1.807, 2.05) is 12.3 Å². The molecule has 0 unspecified atom stereocenters. The van der Waals surface area contributed by atoms with Crippen LogP contribution in [0, 0.1) is 6.92 Å². The number of ether oxygens (including phenoxy) is 1. The lowest BCUT2D eigenvalue weighted by Crippen LogP contribution is -2.53. The molecule has 1 fully saturated rings. The third-order valence-corrected chi connectivity index (χ3v) is 5.21. The molecule has 0 saturated carbocycles. The number of hydrogen-bond acceptors (Lipinski definition) is 8. The van der Waals surface area contributed by atoms with Gasteiger partial charge in [-0.15, -0.1) is 0 Å². The van der Waals surface area contributed by atoms with Crippen LogP contribution in [0.5, 0.6) is 5.88 Å². The Morgan fingerprint density at radius 1 is 1.10 bits per heavy atom. The van der Waals surface area contributed by atoms with Crippen molar-refractivity contribution in [1.29, 1.82) is 0 Å². The lowest BCUT2D eigenvalue weighted by atomic mass is 10.2. The van der Waals surface area contributed by atoms with E-state index in [1.165, 1.54) is 18.9 Å². The average molecular weight is 419 g/mol. The zero-order chi connectivity index (χ0) is 21.8. The Kier molecular flexibility index (Phi) is 5.92. The van der Waals surface area contributed by atoms with Crippen LogP contribution in [0.3, 0.4) is 0 Å². The van der Waals surface area contributed by atoms with Gasteiger partial charge in [-0.1, -0.05) is 0 Å². The molecule has 1 amide bonds. The highest BCUT2D eigenvalue weighted by molar-refractivity contribution is 6.03. The molecule has 160 valence electrons. The van der Waals surface area contributed by atoms with Gasteiger partial charge in [0.15, 0.2) is 0 Å². The molecule has 3 aromatic rings. The Balaban J connectivity index is 1.38. The molecule has 31 heavy (non-hydrogen) atoms. The molecule has 4 heterocycles. The molecular weight excluding hydrogens is 394 g/mol. The summed E-state index contributed by atoms with van der Waals surface area (Å²) >= 11 is 0. The Morgan fingerprint density at radius 3 is 2.55 bits per heavy atom. The molecule has 3 aromatic heterocycles. The van der Waals surface area contributed by atoms with Crippen LogP contribution in [-0.4, -0.2) is 58.6 Å². The number of anilines is 3. The van der Waals surface area contributed by atoms with E-state index in [0.29, 0.717) is 23.1 Å². The minimum atomic E-state index is -0.279. The number of carbonyl (C=O) groups is 1. The number of piperazine rings is 1. The molecular formula is C22H25N7O2. The van der Waals surface area contributed by atoms with Gasteiger partial charge in [0.1, 0.15) is 5.82 Å². The van der Waals surface area contributed by atoms with Crippen LogP contribution in [0.15, 0.2) is 49.1 Å². The van der Waals surface area contributed by atoms with Gasteiger partial charge in [-0.05, 0) is 37.6 Å². The maximum Gasteiger partial charge on any atom is 0.257 e. The predicted molar refractivity (Wildman–Crippen MR) is 119 cm³/mol. The predicted octanol–water partition coefficient (Wildman–Crippen LogP) is 2.55. The standard InChI is InChI=1S/C22H25N7O2/c1-15-6-7-23-19(10-15)28-8-9-29(16(2)14-28)22-25-12-18(13-26-22)27-21(30)17-4-5-20(31-3)24-11-17/h4-7,10-13,16H,8-9,14H2,1-3H3,(H,27,30)/t16-/m0/s1. The van der Waals surface area contributed by atoms with Gasteiger partial charge in [0.25, 0.3) is 5.91 Å². The van der Waals surface area contributed by atoms with Gasteiger partial charge in [0.05, 0.1) is 30.8 Å². The van der Waals surface area contributed by atoms with Crippen LogP contribution < -0.4 is 19.9 Å². The van der Waals surface area contributed by atoms with Gasteiger partial charge < -0.3 is 19.9 Å². The molecule has 1 aliphatic heterocycles. The fourth-order valence-corrected chi connectivity index (χ4v) is 3.53. The molecule has 9 nitrogen and oxygen atoms in total. The second-order valence-electron chi connectivity index (χ2n) is 7.49. The first-order valence-corrected chi connectivity index (χ1v) is 10.1. The van der Waals surface area contributed by atoms with Crippen LogP contribution in [0.2, 0.25) is 0 Å². The molecule has 0 aliphatic carbocycles. The van der Waals surface area contributed by atoms with E-state index >= 15 is 0 Å². The van der Waals surface area contributed by atoms with E-state index in [0.717, 1.165) is 25.5 Å². The maximum atomic E-state index is 12.4. The Labute approximate surface area is 181 Å². The average Bonchev–Trinajstić information content (AvgIpc) is 2.80. The number of rotatable bonds is 5. The summed E-state index contributed by atoms with van der Waals surface area (Å²) in [5.41, 5.74) is 2.16. The van der Waals surface area contributed by atoms with Crippen LogP contribution in [0.1, 0.15) is 22.8 Å². The van der Waals surface area contributed by atoms with Gasteiger partial charge in [-0.3, -0.25) is 4.79 Å². The van der Waals surface area contributed by atoms with Crippen molar-refractivity contribution in [2.24, 2.45) is 0 Å². The van der Waals surface area contributed by atoms with Crippen LogP contribution in [-0.2, 0) is 0 Å². The minimum absolute atomic E-state index is 0.224. The van der Waals surface area contributed by atoms with Crippen molar-refractivity contribution >= 4 is 23.4 Å². The molecule has 1 aliphatic rings. The summed E-state index contributed by atoms with van der Waals surface area (Å²) < 4.78 is 5.01. The van der Waals surface area contributed by atoms with Gasteiger partial charge in [0, 0.05) is 44.1 Å². The summed E-state index contributed by atoms with van der Waals surface area (Å²) in [5.74, 6) is 1.82. The van der Waals surface area contributed by atoms with E-state index < -0.39 is 0 Å². The van der Waals surface area contributed by atoms with Crippen LogP contribution in [0.4, 0.5) is 17.5 Å². The first-order valence-electron chi connectivity index (χ1n) is 10.1. The number of nitrogens with one attached hydrogen (secondary N) is 1. The number of aromatic nitrogens is 4. The summed E-state index contributed by atoms with van der Waals surface area (Å²) in [6.45, 7) is 6.69. The van der Waals surface area contributed by atoms with Gasteiger partial charge in [-0.25, -0.2) is 19.9 Å². The monoisotopic (exact) mass is 419 g/mol. The summed E-state index contributed by atoms with van der Waals surface area (Å²) in [7, 11) is 1.53. The minimum Gasteiger partial charge on any atom is -0.481 e. The molecule has 0 radical (unpaired) electrons. The summed E-state index contributed by atoms with van der Waals surface area (Å²) in [6.07, 6.45) is 6.56. The number of aryl methyl sites for hydroxylation is 1. The third kappa shape index (κ3) is 4.71. The number of pyridine rings is 2. The molecule has 9 heteroatoms. The zero-order valence-corrected chi connectivity index (χ0v) is 17.8. The van der Waals surface area contributed by atoms with Gasteiger partial charge in [0.2, 0.25) is 11.8 Å². The molecule has 4 rings (SSSR count). The number of carbonyl (C=O) groups excluding carboxylic acids is 1. The molecule has 0 bridgehead atoms. The normalized spacial score (nSPS) is 16.2. The molecule has 1 atom stereocenters. The van der Waals surface area contributed by atoms with Crippen molar-refractivity contribution in [3.05, 3.63) is 60.2 Å². The largest absolute Gasteiger partial charge is 0.481 e. The lowest BCUT2D eigenvalue weighted by Gasteiger charge is -2.40. The quantitative estimate of drug-likeness (QED) is 0.674. The van der Waals surface area contributed by atoms with Gasteiger partial charge >= 0.3 is 0 Å². The highest BCUT2D eigenvalue weighted by Crippen LogP contribution is 2.21. The molecule has 1 N–H and O–H groups in total. The van der Waals surface area contributed by atoms with Crippen LogP contribution in [0.25, 0.3) is 0 Å². The number of hydrogen-bond donors (Lipinski definition) is 1. The summed E-state index contributed by atoms with van der Waals surface area (Å²) in [4.78, 5) is 34.3. The lowest BCUT2D eigenvalue weighted by molar-refractivity contribution is 0.102. The fraction of sp³-hybridized carbons (Fsp3) is 0.318. The smallest absolute Gasteiger partial charge is 0.257 e. The van der Waals surface area contributed by atoms with Crippen LogP contribution >= 0.6 is 0 Å². The molecule has 1 saturated heterocycles. The summed E-state index contributed by atoms with van der Waals surface area (Å²) in [5, 5.41) is 2.79. The Morgan fingerprint density at radius 2 is 1.90 bits per heavy atom. The molecule has 0 spiro atoms. The number of amides is 1. The maximum absolute atomic E-state index is 12.4. The topological polar surface area (TPSA) is 96.4 Å². The van der Waals surface area contributed by atoms with E-state index in [-0.39, 0.29) is 11.9 Å². The fourth-order valence-electron chi connectivity index (χ4n) is 3.53. The van der Waals surface area contributed by atoms with Crippen molar-refractivity contribution in [2.45, 2.75) is 19.9 Å². The third-order valence-electron chi connectivity index (χ3n) is 5.21. The first kappa shape index (κ1) is 20.5. The van der Waals surface area contributed by atoms with E-state index in [9.17, 15) is 4.79 Å². The van der Waals surface area contributed by atoms with Gasteiger partial charge in [-0.2, -0.15) is 0 Å². The SMILES string of the molecule is COc1ccc(C(=O)Nc2cnc(N3CCN(c4cc(C)ccn4)C[C@@H]3C)nc2)cn1. The second-order valence-corrected chi connectivity index (χ2v) is 7.49. The Hall–Kier alpha value is -3.75. The highest BCUT2D eigenvalue weighted by atomic mass is 16.5. The van der Waals surface area contributed by atoms with Crippen molar-refractivity contribution in [2.75, 3.05) is 41.9 Å². The second kappa shape index (κ2) is 8.95. The first-order chi connectivity index (χ1) is 15.0. The van der Waals surface area contributed by atoms with E-state index in [1.54, 1.807) is 24.5 Å². The summed E-state index contributed by atoms with van der Waals surface area (Å²) in [6, 6.07) is 7.63. The van der Waals surface area contributed by atoms with Crippen molar-refractivity contribution < 1.29 is 9.53 Å².